The summed E-state index contributed by atoms with van der Waals surface area (Å²) >= 11 is 0. The number of nitrogens with one attached hydrogen (secondary N) is 2. The molecule has 178 valence electrons. The number of fused-ring (bicyclic) bond motifs is 5. The van der Waals surface area contributed by atoms with Crippen LogP contribution in [0.5, 0.6) is 0 Å². The maximum absolute atomic E-state index is 13.4. The lowest BCUT2D eigenvalue weighted by Crippen LogP contribution is -2.61. The van der Waals surface area contributed by atoms with Gasteiger partial charge in [0.25, 0.3) is 0 Å². The molecule has 4 fully saturated rings. The first-order valence-electron chi connectivity index (χ1n) is 12.6. The Labute approximate surface area is 195 Å². The van der Waals surface area contributed by atoms with E-state index in [0.29, 0.717) is 30.2 Å². The van der Waals surface area contributed by atoms with Gasteiger partial charge in [0.1, 0.15) is 0 Å². The van der Waals surface area contributed by atoms with Crippen molar-refractivity contribution in [2.24, 2.45) is 34.5 Å². The van der Waals surface area contributed by atoms with Crippen molar-refractivity contribution in [3.8, 4) is 0 Å². The third-order valence-electron chi connectivity index (χ3n) is 9.99. The Balaban J connectivity index is 1.29. The van der Waals surface area contributed by atoms with Crippen molar-refractivity contribution >= 4 is 23.5 Å². The van der Waals surface area contributed by atoms with Crippen molar-refractivity contribution in [3.63, 3.8) is 0 Å². The second-order valence-corrected chi connectivity index (χ2v) is 11.5. The molecule has 5 rings (SSSR count). The van der Waals surface area contributed by atoms with Crippen molar-refractivity contribution < 1.29 is 19.5 Å². The molecule has 2 unspecified atom stereocenters. The Morgan fingerprint density at radius 2 is 1.73 bits per heavy atom. The molecule has 0 aromatic heterocycles. The van der Waals surface area contributed by atoms with Gasteiger partial charge in [-0.05, 0) is 91.2 Å². The molecule has 3 saturated carbocycles. The van der Waals surface area contributed by atoms with E-state index in [9.17, 15) is 14.4 Å². The predicted molar refractivity (Wildman–Crippen MR) is 125 cm³/mol. The van der Waals surface area contributed by atoms with Crippen LogP contribution in [0.15, 0.2) is 24.3 Å². The van der Waals surface area contributed by atoms with Gasteiger partial charge in [-0.25, -0.2) is 0 Å². The van der Waals surface area contributed by atoms with Crippen LogP contribution in [0.4, 0.5) is 5.69 Å². The maximum Gasteiger partial charge on any atom is 0.307 e. The summed E-state index contributed by atoms with van der Waals surface area (Å²) in [7, 11) is 0. The molecule has 1 heterocycles. The standard InChI is InChI=1S/C27H36N2O4/c1-26-13-11-20-18(7-10-22-27(20,2)14-12-23(30)29-22)19(26)8-9-21(26)25(33)28-17-5-3-16(4-6-17)15-24(31)32/h3-6,18-22H,7-15H2,1-2H3,(H,28,33)(H,29,30)(H,31,32)/t18-,19-,20+,21?,22?,26-,27+/m0/s1. The van der Waals surface area contributed by atoms with Crippen molar-refractivity contribution in [3.05, 3.63) is 29.8 Å². The number of rotatable bonds is 4. The van der Waals surface area contributed by atoms with E-state index in [2.05, 4.69) is 24.5 Å². The number of benzene rings is 1. The largest absolute Gasteiger partial charge is 0.481 e. The van der Waals surface area contributed by atoms with Crippen molar-refractivity contribution in [1.29, 1.82) is 0 Å². The molecular weight excluding hydrogens is 416 g/mol. The molecule has 1 aromatic rings. The van der Waals surface area contributed by atoms with E-state index in [1.807, 2.05) is 0 Å². The monoisotopic (exact) mass is 452 g/mol. The molecule has 3 aliphatic carbocycles. The molecule has 33 heavy (non-hydrogen) atoms. The molecule has 3 N–H and O–H groups in total. The number of aliphatic carboxylic acids is 1. The maximum atomic E-state index is 13.4. The minimum atomic E-state index is -0.856. The number of piperidine rings is 1. The van der Waals surface area contributed by atoms with E-state index in [1.165, 1.54) is 0 Å². The van der Waals surface area contributed by atoms with Gasteiger partial charge < -0.3 is 15.7 Å². The third kappa shape index (κ3) is 3.75. The lowest BCUT2D eigenvalue weighted by atomic mass is 9.47. The van der Waals surface area contributed by atoms with E-state index in [0.717, 1.165) is 56.2 Å². The van der Waals surface area contributed by atoms with Crippen LogP contribution in [0.2, 0.25) is 0 Å². The molecule has 2 amide bonds. The van der Waals surface area contributed by atoms with Gasteiger partial charge in [0.05, 0.1) is 6.42 Å². The Hall–Kier alpha value is -2.37. The minimum Gasteiger partial charge on any atom is -0.481 e. The molecule has 7 atom stereocenters. The first-order chi connectivity index (χ1) is 15.7. The molecule has 0 spiro atoms. The van der Waals surface area contributed by atoms with Gasteiger partial charge in [0.2, 0.25) is 11.8 Å². The fourth-order valence-electron chi connectivity index (χ4n) is 8.24. The zero-order valence-electron chi connectivity index (χ0n) is 19.7. The second-order valence-electron chi connectivity index (χ2n) is 11.5. The lowest BCUT2D eigenvalue weighted by Gasteiger charge is -2.60. The van der Waals surface area contributed by atoms with Crippen LogP contribution < -0.4 is 10.6 Å². The van der Waals surface area contributed by atoms with Crippen LogP contribution >= 0.6 is 0 Å². The van der Waals surface area contributed by atoms with E-state index < -0.39 is 5.97 Å². The fraction of sp³-hybridized carbons (Fsp3) is 0.667. The number of carboxylic acids is 1. The van der Waals surface area contributed by atoms with Gasteiger partial charge in [0.15, 0.2) is 0 Å². The molecule has 0 radical (unpaired) electrons. The third-order valence-corrected chi connectivity index (χ3v) is 9.99. The summed E-state index contributed by atoms with van der Waals surface area (Å²) in [6.45, 7) is 4.75. The van der Waals surface area contributed by atoms with Gasteiger partial charge in [-0.2, -0.15) is 0 Å². The summed E-state index contributed by atoms with van der Waals surface area (Å²) in [4.78, 5) is 36.3. The number of carboxylic acid groups (broad SMARTS) is 1. The smallest absolute Gasteiger partial charge is 0.307 e. The first-order valence-corrected chi connectivity index (χ1v) is 12.6. The average Bonchev–Trinajstić information content (AvgIpc) is 3.12. The highest BCUT2D eigenvalue weighted by Gasteiger charge is 2.61. The molecule has 1 aromatic carbocycles. The van der Waals surface area contributed by atoms with E-state index in [-0.39, 0.29) is 35.0 Å². The summed E-state index contributed by atoms with van der Waals surface area (Å²) in [5.74, 6) is 1.33. The normalized spacial score (nSPS) is 39.6. The van der Waals surface area contributed by atoms with Crippen LogP contribution in [-0.4, -0.2) is 28.9 Å². The summed E-state index contributed by atoms with van der Waals surface area (Å²) in [6.07, 6.45) is 8.12. The molecular formula is C27H36N2O4. The lowest BCUT2D eigenvalue weighted by molar-refractivity contribution is -0.140. The number of hydrogen-bond acceptors (Lipinski definition) is 3. The Kier molecular flexibility index (Phi) is 5.53. The second kappa shape index (κ2) is 8.14. The summed E-state index contributed by atoms with van der Waals surface area (Å²) in [5.41, 5.74) is 1.68. The van der Waals surface area contributed by atoms with Crippen molar-refractivity contribution in [2.75, 3.05) is 5.32 Å². The number of anilines is 1. The van der Waals surface area contributed by atoms with Gasteiger partial charge in [-0.1, -0.05) is 26.0 Å². The molecule has 6 heteroatoms. The highest BCUT2D eigenvalue weighted by molar-refractivity contribution is 5.93. The Bertz CT molecular complexity index is 959. The zero-order valence-corrected chi connectivity index (χ0v) is 19.7. The quantitative estimate of drug-likeness (QED) is 0.631. The molecule has 6 nitrogen and oxygen atoms in total. The van der Waals surface area contributed by atoms with Gasteiger partial charge in [-0.3, -0.25) is 14.4 Å². The number of carbonyl (C=O) groups is 3. The zero-order chi connectivity index (χ0) is 23.4. The number of carbonyl (C=O) groups excluding carboxylic acids is 2. The summed E-state index contributed by atoms with van der Waals surface area (Å²) in [5, 5.41) is 15.4. The molecule has 4 aliphatic rings. The Morgan fingerprint density at radius 3 is 2.45 bits per heavy atom. The van der Waals surface area contributed by atoms with Gasteiger partial charge in [-0.15, -0.1) is 0 Å². The van der Waals surface area contributed by atoms with Crippen LogP contribution in [0.3, 0.4) is 0 Å². The van der Waals surface area contributed by atoms with E-state index in [4.69, 9.17) is 5.11 Å². The van der Waals surface area contributed by atoms with Crippen LogP contribution in [0.25, 0.3) is 0 Å². The van der Waals surface area contributed by atoms with Crippen LogP contribution in [0.1, 0.15) is 70.8 Å². The molecule has 0 bridgehead atoms. The van der Waals surface area contributed by atoms with Gasteiger partial charge in [0, 0.05) is 24.1 Å². The van der Waals surface area contributed by atoms with Crippen LogP contribution in [0, 0.1) is 34.5 Å². The highest BCUT2D eigenvalue weighted by atomic mass is 16.4. The highest BCUT2D eigenvalue weighted by Crippen LogP contribution is 2.65. The molecule has 1 aliphatic heterocycles. The molecule has 1 saturated heterocycles. The Morgan fingerprint density at radius 1 is 1.00 bits per heavy atom. The van der Waals surface area contributed by atoms with E-state index >= 15 is 0 Å². The topological polar surface area (TPSA) is 95.5 Å². The van der Waals surface area contributed by atoms with Gasteiger partial charge >= 0.3 is 5.97 Å². The SMILES string of the molecule is C[C@]12CCC(=O)NC1CC[C@@H]1[C@H]2CC[C@]2(C)C(C(=O)Nc3ccc(CC(=O)O)cc3)CC[C@@H]12. The first kappa shape index (κ1) is 22.4. The summed E-state index contributed by atoms with van der Waals surface area (Å²) in [6, 6.07) is 7.48. The summed E-state index contributed by atoms with van der Waals surface area (Å²) < 4.78 is 0. The fourth-order valence-corrected chi connectivity index (χ4v) is 8.24. The van der Waals surface area contributed by atoms with Crippen LogP contribution in [-0.2, 0) is 20.8 Å². The van der Waals surface area contributed by atoms with E-state index in [1.54, 1.807) is 24.3 Å². The van der Waals surface area contributed by atoms with Crippen molar-refractivity contribution in [2.45, 2.75) is 77.7 Å². The number of hydrogen-bond donors (Lipinski definition) is 3. The number of amides is 2. The minimum absolute atomic E-state index is 0.0113. The average molecular weight is 453 g/mol. The van der Waals surface area contributed by atoms with Crippen molar-refractivity contribution in [1.82, 2.24) is 5.32 Å². The predicted octanol–water partition coefficient (Wildman–Crippen LogP) is 4.39.